The van der Waals surface area contributed by atoms with Crippen LogP contribution in [0.3, 0.4) is 0 Å². The Balaban J connectivity index is 0. The van der Waals surface area contributed by atoms with E-state index in [9.17, 15) is 4.79 Å². The van der Waals surface area contributed by atoms with Crippen molar-refractivity contribution in [3.8, 4) is 0 Å². The Morgan fingerprint density at radius 3 is 2.14 bits per heavy atom. The van der Waals surface area contributed by atoms with Gasteiger partial charge in [-0.25, -0.2) is 4.79 Å². The van der Waals surface area contributed by atoms with Gasteiger partial charge >= 0.3 is 5.97 Å². The van der Waals surface area contributed by atoms with Crippen molar-refractivity contribution in [3.05, 3.63) is 35.4 Å². The highest BCUT2D eigenvalue weighted by atomic mass is 16.5. The standard InChI is InChI=1S/C9H11BO2.2H2O/c1-12-9(11)8-4-2-7(6-10)3-5-8;;/h2-5H,6,10H2,1H3;2*1H2. The number of benzene rings is 1. The fourth-order valence-corrected chi connectivity index (χ4v) is 0.994. The fraction of sp³-hybridized carbons (Fsp3) is 0.222. The van der Waals surface area contributed by atoms with E-state index in [4.69, 9.17) is 0 Å². The van der Waals surface area contributed by atoms with E-state index in [1.54, 1.807) is 12.1 Å². The second-order valence-electron chi connectivity index (χ2n) is 2.54. The second-order valence-corrected chi connectivity index (χ2v) is 2.54. The van der Waals surface area contributed by atoms with Gasteiger partial charge in [0.1, 0.15) is 7.85 Å². The lowest BCUT2D eigenvalue weighted by Gasteiger charge is -1.99. The predicted octanol–water partition coefficient (Wildman–Crippen LogP) is -1.04. The molecule has 4 nitrogen and oxygen atoms in total. The Hall–Kier alpha value is -1.33. The summed E-state index contributed by atoms with van der Waals surface area (Å²) in [5.74, 6) is -0.280. The lowest BCUT2D eigenvalue weighted by molar-refractivity contribution is 0.0600. The van der Waals surface area contributed by atoms with E-state index in [2.05, 4.69) is 12.6 Å². The van der Waals surface area contributed by atoms with Gasteiger partial charge in [-0.15, -0.1) is 0 Å². The quantitative estimate of drug-likeness (QED) is 0.448. The van der Waals surface area contributed by atoms with Crippen LogP contribution in [0.4, 0.5) is 0 Å². The minimum atomic E-state index is -0.280. The van der Waals surface area contributed by atoms with Gasteiger partial charge in [-0.3, -0.25) is 0 Å². The minimum Gasteiger partial charge on any atom is -0.465 e. The van der Waals surface area contributed by atoms with Crippen molar-refractivity contribution in [2.45, 2.75) is 6.32 Å². The highest BCUT2D eigenvalue weighted by Crippen LogP contribution is 2.04. The molecular formula is C9H15BO4. The lowest BCUT2D eigenvalue weighted by atomic mass is 9.96. The van der Waals surface area contributed by atoms with Crippen LogP contribution in [0.1, 0.15) is 15.9 Å². The summed E-state index contributed by atoms with van der Waals surface area (Å²) in [6.45, 7) is 0. The largest absolute Gasteiger partial charge is 0.465 e. The van der Waals surface area contributed by atoms with Crippen LogP contribution >= 0.6 is 0 Å². The number of rotatable bonds is 2. The van der Waals surface area contributed by atoms with Crippen LogP contribution in [0.2, 0.25) is 0 Å². The van der Waals surface area contributed by atoms with E-state index in [1.165, 1.54) is 12.7 Å². The highest BCUT2D eigenvalue weighted by molar-refractivity contribution is 6.08. The molecule has 0 bridgehead atoms. The van der Waals surface area contributed by atoms with Crippen LogP contribution in [-0.4, -0.2) is 31.9 Å². The molecule has 0 saturated heterocycles. The number of hydrogen-bond acceptors (Lipinski definition) is 2. The lowest BCUT2D eigenvalue weighted by Crippen LogP contribution is -2.00. The zero-order chi connectivity index (χ0) is 8.97. The summed E-state index contributed by atoms with van der Waals surface area (Å²) < 4.78 is 4.57. The van der Waals surface area contributed by atoms with Gasteiger partial charge in [-0.1, -0.05) is 24.0 Å². The number of carbonyl (C=O) groups excluding carboxylic acids is 1. The molecule has 0 saturated carbocycles. The Morgan fingerprint density at radius 2 is 1.79 bits per heavy atom. The first-order chi connectivity index (χ1) is 5.77. The molecule has 0 heterocycles. The van der Waals surface area contributed by atoms with E-state index < -0.39 is 0 Å². The summed E-state index contributed by atoms with van der Waals surface area (Å²) in [6.07, 6.45) is 0.988. The van der Waals surface area contributed by atoms with Crippen LogP contribution in [0.5, 0.6) is 0 Å². The van der Waals surface area contributed by atoms with Crippen LogP contribution in [0, 0.1) is 0 Å². The number of ether oxygens (including phenoxy) is 1. The van der Waals surface area contributed by atoms with Crippen LogP contribution in [-0.2, 0) is 11.1 Å². The zero-order valence-electron chi connectivity index (χ0n) is 8.33. The molecule has 0 unspecified atom stereocenters. The van der Waals surface area contributed by atoms with Crippen LogP contribution in [0.15, 0.2) is 24.3 Å². The maximum absolute atomic E-state index is 11.0. The van der Waals surface area contributed by atoms with E-state index in [-0.39, 0.29) is 16.9 Å². The van der Waals surface area contributed by atoms with Crippen LogP contribution in [0.25, 0.3) is 0 Å². The average Bonchev–Trinajstić information content (AvgIpc) is 2.17. The molecule has 0 radical (unpaired) electrons. The zero-order valence-corrected chi connectivity index (χ0v) is 8.33. The molecule has 0 amide bonds. The molecule has 5 heteroatoms. The summed E-state index contributed by atoms with van der Waals surface area (Å²) in [5.41, 5.74) is 1.83. The number of hydrogen-bond donors (Lipinski definition) is 0. The Labute approximate surface area is 83.9 Å². The number of esters is 1. The Bertz CT molecular complexity index is 271. The molecule has 1 aromatic carbocycles. The molecule has 0 aliphatic carbocycles. The summed E-state index contributed by atoms with van der Waals surface area (Å²) in [6, 6.07) is 7.44. The van der Waals surface area contributed by atoms with Gasteiger partial charge in [0.15, 0.2) is 0 Å². The van der Waals surface area contributed by atoms with Gasteiger partial charge in [0, 0.05) is 0 Å². The molecule has 1 aromatic rings. The highest BCUT2D eigenvalue weighted by Gasteiger charge is 2.02. The van der Waals surface area contributed by atoms with Crippen molar-refractivity contribution in [2.75, 3.05) is 7.11 Å². The predicted molar refractivity (Wildman–Crippen MR) is 57.3 cm³/mol. The summed E-state index contributed by atoms with van der Waals surface area (Å²) in [4.78, 5) is 11.0. The topological polar surface area (TPSA) is 89.3 Å². The van der Waals surface area contributed by atoms with Gasteiger partial charge < -0.3 is 15.7 Å². The molecule has 0 aliphatic rings. The van der Waals surface area contributed by atoms with Crippen LogP contribution < -0.4 is 0 Å². The molecule has 0 aromatic heterocycles. The molecule has 0 aliphatic heterocycles. The second kappa shape index (κ2) is 7.11. The Morgan fingerprint density at radius 1 is 1.29 bits per heavy atom. The minimum absolute atomic E-state index is 0. The first-order valence-electron chi connectivity index (χ1n) is 3.95. The van der Waals surface area contributed by atoms with E-state index in [0.29, 0.717) is 5.56 Å². The fourth-order valence-electron chi connectivity index (χ4n) is 0.994. The van der Waals surface area contributed by atoms with E-state index in [0.717, 1.165) is 6.32 Å². The molecule has 0 spiro atoms. The van der Waals surface area contributed by atoms with Gasteiger partial charge in [-0.2, -0.15) is 0 Å². The first-order valence-corrected chi connectivity index (χ1v) is 3.95. The first kappa shape index (κ1) is 15.2. The number of methoxy groups -OCH3 is 1. The Kier molecular flexibility index (Phi) is 7.70. The third kappa shape index (κ3) is 3.59. The van der Waals surface area contributed by atoms with Crippen molar-refractivity contribution < 1.29 is 20.5 Å². The molecule has 1 rings (SSSR count). The van der Waals surface area contributed by atoms with Gasteiger partial charge in [0.25, 0.3) is 0 Å². The molecular weight excluding hydrogens is 183 g/mol. The third-order valence-corrected chi connectivity index (χ3v) is 1.78. The smallest absolute Gasteiger partial charge is 0.337 e. The number of carbonyl (C=O) groups is 1. The van der Waals surface area contributed by atoms with Gasteiger partial charge in [0.2, 0.25) is 0 Å². The van der Waals surface area contributed by atoms with Crippen molar-refractivity contribution in [1.82, 2.24) is 0 Å². The van der Waals surface area contributed by atoms with Crippen molar-refractivity contribution in [1.29, 1.82) is 0 Å². The van der Waals surface area contributed by atoms with Crippen molar-refractivity contribution in [2.24, 2.45) is 0 Å². The molecule has 14 heavy (non-hydrogen) atoms. The van der Waals surface area contributed by atoms with E-state index in [1.807, 2.05) is 12.1 Å². The molecule has 78 valence electrons. The third-order valence-electron chi connectivity index (χ3n) is 1.78. The maximum atomic E-state index is 11.0. The van der Waals surface area contributed by atoms with Gasteiger partial charge in [0.05, 0.1) is 12.7 Å². The average molecular weight is 198 g/mol. The van der Waals surface area contributed by atoms with Crippen molar-refractivity contribution in [3.63, 3.8) is 0 Å². The molecule has 0 fully saturated rings. The molecule has 4 N–H and O–H groups in total. The SMILES string of the molecule is BCc1ccc(C(=O)OC)cc1.O.O. The normalized spacial score (nSPS) is 8.07. The van der Waals surface area contributed by atoms with E-state index >= 15 is 0 Å². The summed E-state index contributed by atoms with van der Waals surface area (Å²) in [5, 5.41) is 0. The monoisotopic (exact) mass is 198 g/mol. The summed E-state index contributed by atoms with van der Waals surface area (Å²) >= 11 is 0. The maximum Gasteiger partial charge on any atom is 0.337 e. The summed E-state index contributed by atoms with van der Waals surface area (Å²) in [7, 11) is 3.46. The molecule has 0 atom stereocenters. The van der Waals surface area contributed by atoms with Gasteiger partial charge in [-0.05, 0) is 12.1 Å². The van der Waals surface area contributed by atoms with Crippen molar-refractivity contribution >= 4 is 13.8 Å².